The predicted octanol–water partition coefficient (Wildman–Crippen LogP) is 3.57. The Kier molecular flexibility index (Phi) is 6.34. The average molecular weight is 396 g/mol. The molecule has 1 N–H and O–H groups in total. The number of rotatable bonds is 7. The largest absolute Gasteiger partial charge is 0.466 e. The molecule has 0 aliphatic carbocycles. The maximum atomic E-state index is 14.7. The summed E-state index contributed by atoms with van der Waals surface area (Å²) >= 11 is 0. The van der Waals surface area contributed by atoms with Crippen LogP contribution in [0, 0.1) is 15.9 Å². The van der Waals surface area contributed by atoms with Crippen molar-refractivity contribution >= 4 is 23.3 Å². The van der Waals surface area contributed by atoms with Crippen molar-refractivity contribution in [1.29, 1.82) is 0 Å². The van der Waals surface area contributed by atoms with Gasteiger partial charge in [-0.05, 0) is 6.07 Å². The van der Waals surface area contributed by atoms with Crippen molar-refractivity contribution in [2.45, 2.75) is 19.3 Å². The lowest BCUT2D eigenvalue weighted by atomic mass is 10.1. The third-order valence-corrected chi connectivity index (χ3v) is 3.74. The Labute approximate surface area is 157 Å². The number of benzene rings is 2. The number of alkyl halides is 2. The molecule has 1 amide bonds. The first-order chi connectivity index (χ1) is 13.1. The van der Waals surface area contributed by atoms with E-state index in [9.17, 15) is 32.9 Å². The zero-order valence-corrected chi connectivity index (χ0v) is 14.6. The van der Waals surface area contributed by atoms with Gasteiger partial charge < -0.3 is 10.1 Å². The van der Waals surface area contributed by atoms with Gasteiger partial charge in [0, 0.05) is 25.0 Å². The fourth-order valence-corrected chi connectivity index (χ4v) is 2.39. The summed E-state index contributed by atoms with van der Waals surface area (Å²) in [5, 5.41) is 12.8. The summed E-state index contributed by atoms with van der Waals surface area (Å²) in [6.45, 7) is 0.748. The molecule has 28 heavy (non-hydrogen) atoms. The van der Waals surface area contributed by atoms with E-state index < -0.39 is 51.0 Å². The summed E-state index contributed by atoms with van der Waals surface area (Å²) in [5.74, 6) is -7.67. The Hall–Kier alpha value is -3.43. The first kappa shape index (κ1) is 20.9. The molecule has 10 heteroatoms. The van der Waals surface area contributed by atoms with Crippen molar-refractivity contribution in [3.05, 3.63) is 69.5 Å². The van der Waals surface area contributed by atoms with Crippen LogP contribution in [0.5, 0.6) is 0 Å². The van der Waals surface area contributed by atoms with Gasteiger partial charge in [0.05, 0.1) is 22.8 Å². The van der Waals surface area contributed by atoms with Crippen molar-refractivity contribution in [2.24, 2.45) is 0 Å². The highest BCUT2D eigenvalue weighted by Crippen LogP contribution is 2.32. The number of carbonyl (C=O) groups excluding carboxylic acids is 2. The van der Waals surface area contributed by atoms with Crippen molar-refractivity contribution in [2.75, 3.05) is 11.9 Å². The third-order valence-electron chi connectivity index (χ3n) is 3.74. The Morgan fingerprint density at radius 2 is 1.82 bits per heavy atom. The topological polar surface area (TPSA) is 98.5 Å². The molecular formula is C18H15F3N2O5. The molecule has 0 spiro atoms. The fraction of sp³-hybridized carbons (Fsp3) is 0.222. The van der Waals surface area contributed by atoms with Crippen LogP contribution in [0.4, 0.5) is 24.5 Å². The van der Waals surface area contributed by atoms with Crippen LogP contribution in [0.2, 0.25) is 0 Å². The second-order valence-electron chi connectivity index (χ2n) is 5.67. The maximum Gasteiger partial charge on any atom is 0.350 e. The Balaban J connectivity index is 2.31. The van der Waals surface area contributed by atoms with Crippen molar-refractivity contribution < 1.29 is 32.4 Å². The van der Waals surface area contributed by atoms with E-state index in [1.54, 1.807) is 5.32 Å². The number of nitro groups is 1. The SMILES string of the molecule is CC(=O)OCCc1c([N+](=O)[O-])ccc(NC(=O)C(F)(F)c2ccccc2)c1F. The number of esters is 1. The Morgan fingerprint density at radius 1 is 1.18 bits per heavy atom. The molecule has 0 aromatic heterocycles. The highest BCUT2D eigenvalue weighted by atomic mass is 19.3. The van der Waals surface area contributed by atoms with Crippen molar-refractivity contribution in [1.82, 2.24) is 0 Å². The second kappa shape index (κ2) is 8.51. The highest BCUT2D eigenvalue weighted by Gasteiger charge is 2.41. The van der Waals surface area contributed by atoms with E-state index >= 15 is 0 Å². The van der Waals surface area contributed by atoms with Crippen LogP contribution in [-0.4, -0.2) is 23.4 Å². The van der Waals surface area contributed by atoms with Crippen LogP contribution in [0.3, 0.4) is 0 Å². The Bertz CT molecular complexity index is 904. The zero-order valence-electron chi connectivity index (χ0n) is 14.6. The average Bonchev–Trinajstić information content (AvgIpc) is 2.64. The molecule has 0 aliphatic rings. The van der Waals surface area contributed by atoms with Crippen LogP contribution in [0.25, 0.3) is 0 Å². The number of nitrogens with zero attached hydrogens (tertiary/aromatic N) is 1. The van der Waals surface area contributed by atoms with Gasteiger partial charge in [0.1, 0.15) is 0 Å². The molecule has 0 fully saturated rings. The van der Waals surface area contributed by atoms with E-state index in [1.807, 2.05) is 0 Å². The summed E-state index contributed by atoms with van der Waals surface area (Å²) < 4.78 is 47.8. The van der Waals surface area contributed by atoms with Gasteiger partial charge in [-0.3, -0.25) is 19.7 Å². The van der Waals surface area contributed by atoms with Crippen LogP contribution >= 0.6 is 0 Å². The molecule has 0 saturated heterocycles. The van der Waals surface area contributed by atoms with Crippen LogP contribution in [0.1, 0.15) is 18.1 Å². The van der Waals surface area contributed by atoms with Gasteiger partial charge in [-0.2, -0.15) is 8.78 Å². The summed E-state index contributed by atoms with van der Waals surface area (Å²) in [6, 6.07) is 7.89. The van der Waals surface area contributed by atoms with Gasteiger partial charge in [-0.15, -0.1) is 0 Å². The second-order valence-corrected chi connectivity index (χ2v) is 5.67. The first-order valence-corrected chi connectivity index (χ1v) is 7.98. The van der Waals surface area contributed by atoms with Crippen molar-refractivity contribution in [3.63, 3.8) is 0 Å². The van der Waals surface area contributed by atoms with Gasteiger partial charge in [-0.25, -0.2) is 4.39 Å². The monoisotopic (exact) mass is 396 g/mol. The molecule has 2 aromatic carbocycles. The minimum absolute atomic E-state index is 0.356. The lowest BCUT2D eigenvalue weighted by Crippen LogP contribution is -2.32. The fourth-order valence-electron chi connectivity index (χ4n) is 2.39. The van der Waals surface area contributed by atoms with Gasteiger partial charge in [0.25, 0.3) is 11.6 Å². The quantitative estimate of drug-likeness (QED) is 0.438. The lowest BCUT2D eigenvalue weighted by Gasteiger charge is -2.17. The predicted molar refractivity (Wildman–Crippen MR) is 92.4 cm³/mol. The third kappa shape index (κ3) is 4.64. The molecule has 0 heterocycles. The minimum Gasteiger partial charge on any atom is -0.466 e. The maximum absolute atomic E-state index is 14.7. The molecule has 7 nitrogen and oxygen atoms in total. The highest BCUT2D eigenvalue weighted by molar-refractivity contribution is 5.97. The number of ether oxygens (including phenoxy) is 1. The molecule has 148 valence electrons. The number of nitrogens with one attached hydrogen (secondary N) is 1. The van der Waals surface area contributed by atoms with E-state index in [-0.39, 0.29) is 13.0 Å². The standard InChI is InChI=1S/C18H15F3N2O5/c1-11(24)28-10-9-13-15(23(26)27)8-7-14(16(13)19)22-17(25)18(20,21)12-5-3-2-4-6-12/h2-8H,9-10H2,1H3,(H,22,25). The van der Waals surface area contributed by atoms with Crippen LogP contribution in [-0.2, 0) is 26.7 Å². The smallest absolute Gasteiger partial charge is 0.350 e. The molecule has 0 atom stereocenters. The van der Waals surface area contributed by atoms with E-state index in [4.69, 9.17) is 0 Å². The minimum atomic E-state index is -3.95. The van der Waals surface area contributed by atoms with E-state index in [0.29, 0.717) is 0 Å². The summed E-state index contributed by atoms with van der Waals surface area (Å²) in [4.78, 5) is 33.0. The zero-order chi connectivity index (χ0) is 20.9. The summed E-state index contributed by atoms with van der Waals surface area (Å²) in [6.07, 6.45) is -0.374. The van der Waals surface area contributed by atoms with Crippen LogP contribution < -0.4 is 5.32 Å². The van der Waals surface area contributed by atoms with Gasteiger partial charge in [0.2, 0.25) is 0 Å². The summed E-state index contributed by atoms with van der Waals surface area (Å²) in [7, 11) is 0. The molecule has 0 saturated carbocycles. The number of nitro benzene ring substituents is 1. The van der Waals surface area contributed by atoms with Crippen LogP contribution in [0.15, 0.2) is 42.5 Å². The number of hydrogen-bond donors (Lipinski definition) is 1. The van der Waals surface area contributed by atoms with E-state index in [0.717, 1.165) is 31.2 Å². The normalized spacial score (nSPS) is 11.0. The number of amides is 1. The number of anilines is 1. The van der Waals surface area contributed by atoms with E-state index in [2.05, 4.69) is 4.74 Å². The number of halogens is 3. The lowest BCUT2D eigenvalue weighted by molar-refractivity contribution is -0.385. The summed E-state index contributed by atoms with van der Waals surface area (Å²) in [5.41, 5.74) is -2.35. The van der Waals surface area contributed by atoms with Gasteiger partial charge >= 0.3 is 11.9 Å². The van der Waals surface area contributed by atoms with Gasteiger partial charge in [-0.1, -0.05) is 30.3 Å². The molecule has 0 unspecified atom stereocenters. The van der Waals surface area contributed by atoms with Gasteiger partial charge in [0.15, 0.2) is 5.82 Å². The number of carbonyl (C=O) groups is 2. The molecule has 0 bridgehead atoms. The van der Waals surface area contributed by atoms with E-state index in [1.165, 1.54) is 18.2 Å². The van der Waals surface area contributed by atoms with Crippen molar-refractivity contribution in [3.8, 4) is 0 Å². The molecule has 0 radical (unpaired) electrons. The number of hydrogen-bond acceptors (Lipinski definition) is 5. The Morgan fingerprint density at radius 3 is 2.39 bits per heavy atom. The molecule has 2 rings (SSSR count). The molecule has 0 aliphatic heterocycles. The molecular weight excluding hydrogens is 381 g/mol. The molecule has 2 aromatic rings. The first-order valence-electron chi connectivity index (χ1n) is 7.98.